The molecule has 1 heterocycles. The van der Waals surface area contributed by atoms with E-state index in [9.17, 15) is 0 Å². The molecule has 0 bridgehead atoms. The molecule has 0 saturated heterocycles. The smallest absolute Gasteiger partial charge is 0.148 e. The van der Waals surface area contributed by atoms with Crippen LogP contribution in [-0.2, 0) is 0 Å². The van der Waals surface area contributed by atoms with E-state index < -0.39 is 0 Å². The summed E-state index contributed by atoms with van der Waals surface area (Å²) < 4.78 is 5.36. The van der Waals surface area contributed by atoms with Gasteiger partial charge in [-0.05, 0) is 36.8 Å². The van der Waals surface area contributed by atoms with Gasteiger partial charge in [-0.2, -0.15) is 0 Å². The zero-order valence-electron chi connectivity index (χ0n) is 9.50. The van der Waals surface area contributed by atoms with Crippen molar-refractivity contribution in [1.29, 1.82) is 0 Å². The van der Waals surface area contributed by atoms with Crippen molar-refractivity contribution >= 4 is 23.2 Å². The summed E-state index contributed by atoms with van der Waals surface area (Å²) in [4.78, 5) is 4.32. The van der Waals surface area contributed by atoms with Gasteiger partial charge in [-0.1, -0.05) is 23.2 Å². The number of pyridine rings is 1. The molecule has 1 aromatic heterocycles. The fraction of sp³-hybridized carbons (Fsp3) is 0.154. The molecule has 0 spiro atoms. The summed E-state index contributed by atoms with van der Waals surface area (Å²) in [5.41, 5.74) is 2.56. The summed E-state index contributed by atoms with van der Waals surface area (Å²) in [6.07, 6.45) is 1.73. The highest BCUT2D eigenvalue weighted by molar-refractivity contribution is 6.36. The fourth-order valence-electron chi connectivity index (χ4n) is 1.68. The van der Waals surface area contributed by atoms with E-state index in [0.29, 0.717) is 10.0 Å². The first-order chi connectivity index (χ1) is 8.13. The Morgan fingerprint density at radius 2 is 1.94 bits per heavy atom. The van der Waals surface area contributed by atoms with Gasteiger partial charge in [0.25, 0.3) is 0 Å². The molecule has 1 aromatic carbocycles. The molecule has 0 N–H and O–H groups in total. The Morgan fingerprint density at radius 1 is 1.18 bits per heavy atom. The van der Waals surface area contributed by atoms with Gasteiger partial charge >= 0.3 is 0 Å². The summed E-state index contributed by atoms with van der Waals surface area (Å²) in [5, 5.41) is 1.17. The number of aromatic nitrogens is 1. The average molecular weight is 268 g/mol. The Labute approximate surface area is 110 Å². The van der Waals surface area contributed by atoms with Crippen LogP contribution in [0.1, 0.15) is 5.56 Å². The zero-order valence-corrected chi connectivity index (χ0v) is 11.0. The monoisotopic (exact) mass is 267 g/mol. The lowest BCUT2D eigenvalue weighted by Crippen LogP contribution is -1.94. The molecule has 0 radical (unpaired) electrons. The van der Waals surface area contributed by atoms with Crippen LogP contribution in [0, 0.1) is 6.92 Å². The lowest BCUT2D eigenvalue weighted by atomic mass is 10.1. The maximum atomic E-state index is 6.17. The third-order valence-corrected chi connectivity index (χ3v) is 3.04. The van der Waals surface area contributed by atoms with Gasteiger partial charge in [-0.15, -0.1) is 0 Å². The molecule has 0 atom stereocenters. The Hall–Kier alpha value is -1.25. The van der Waals surface area contributed by atoms with Crippen molar-refractivity contribution in [2.75, 3.05) is 7.11 Å². The molecule has 0 amide bonds. The number of benzene rings is 1. The second-order valence-corrected chi connectivity index (χ2v) is 4.48. The highest BCUT2D eigenvalue weighted by Crippen LogP contribution is 2.35. The average Bonchev–Trinajstić information content (AvgIpc) is 2.29. The first-order valence-electron chi connectivity index (χ1n) is 5.08. The Bertz CT molecular complexity index is 555. The van der Waals surface area contributed by atoms with Gasteiger partial charge in [0.15, 0.2) is 0 Å². The van der Waals surface area contributed by atoms with Crippen molar-refractivity contribution in [3.63, 3.8) is 0 Å². The maximum Gasteiger partial charge on any atom is 0.148 e. The van der Waals surface area contributed by atoms with Gasteiger partial charge in [0.05, 0.1) is 12.1 Å². The molecular weight excluding hydrogens is 257 g/mol. The summed E-state index contributed by atoms with van der Waals surface area (Å²) >= 11 is 12.0. The first-order valence-corrected chi connectivity index (χ1v) is 5.84. The first kappa shape index (κ1) is 12.2. The predicted octanol–water partition coefficient (Wildman–Crippen LogP) is 4.37. The van der Waals surface area contributed by atoms with Crippen LogP contribution in [0.2, 0.25) is 10.0 Å². The van der Waals surface area contributed by atoms with Crippen molar-refractivity contribution in [2.45, 2.75) is 6.92 Å². The lowest BCUT2D eigenvalue weighted by molar-refractivity contribution is 0.411. The van der Waals surface area contributed by atoms with Crippen molar-refractivity contribution in [2.24, 2.45) is 0 Å². The van der Waals surface area contributed by atoms with Crippen molar-refractivity contribution in [3.05, 3.63) is 46.1 Å². The number of halogens is 2. The molecule has 0 aliphatic heterocycles. The van der Waals surface area contributed by atoms with Crippen LogP contribution in [-0.4, -0.2) is 12.1 Å². The number of ether oxygens (including phenoxy) is 1. The zero-order chi connectivity index (χ0) is 12.4. The third-order valence-electron chi connectivity index (χ3n) is 2.49. The number of rotatable bonds is 2. The van der Waals surface area contributed by atoms with Gasteiger partial charge in [0.2, 0.25) is 0 Å². The van der Waals surface area contributed by atoms with E-state index >= 15 is 0 Å². The van der Waals surface area contributed by atoms with E-state index in [2.05, 4.69) is 4.98 Å². The third kappa shape index (κ3) is 2.38. The summed E-state index contributed by atoms with van der Waals surface area (Å²) in [5.74, 6) is 0.733. The molecule has 2 rings (SSSR count). The largest absolute Gasteiger partial charge is 0.494 e. The molecule has 0 aliphatic carbocycles. The van der Waals surface area contributed by atoms with Crippen molar-refractivity contribution < 1.29 is 4.74 Å². The molecule has 0 fully saturated rings. The molecule has 17 heavy (non-hydrogen) atoms. The van der Waals surface area contributed by atoms with Crippen LogP contribution < -0.4 is 4.74 Å². The van der Waals surface area contributed by atoms with Gasteiger partial charge in [-0.3, -0.25) is 4.98 Å². The number of methoxy groups -OCH3 is 1. The van der Waals surface area contributed by atoms with Crippen LogP contribution in [0.3, 0.4) is 0 Å². The van der Waals surface area contributed by atoms with E-state index in [1.54, 1.807) is 25.4 Å². The van der Waals surface area contributed by atoms with Crippen LogP contribution in [0.4, 0.5) is 0 Å². The minimum Gasteiger partial charge on any atom is -0.494 e. The van der Waals surface area contributed by atoms with Gasteiger partial charge < -0.3 is 4.74 Å². The maximum absolute atomic E-state index is 6.17. The van der Waals surface area contributed by atoms with Gasteiger partial charge in [0, 0.05) is 16.8 Å². The lowest BCUT2D eigenvalue weighted by Gasteiger charge is -2.11. The fourth-order valence-corrected chi connectivity index (χ4v) is 2.17. The topological polar surface area (TPSA) is 22.1 Å². The Kier molecular flexibility index (Phi) is 3.55. The Morgan fingerprint density at radius 3 is 2.59 bits per heavy atom. The summed E-state index contributed by atoms with van der Waals surface area (Å²) in [6, 6.07) is 7.22. The van der Waals surface area contributed by atoms with E-state index in [1.165, 1.54) is 0 Å². The standard InChI is InChI=1S/C13H11Cl2NO/c1-8-5-6-16-12(13(8)17-2)10-4-3-9(14)7-11(10)15/h3-7H,1-2H3. The quantitative estimate of drug-likeness (QED) is 0.806. The molecule has 4 heteroatoms. The number of hydrogen-bond acceptors (Lipinski definition) is 2. The van der Waals surface area contributed by atoms with Crippen LogP contribution in [0.15, 0.2) is 30.5 Å². The molecule has 88 valence electrons. The molecule has 0 unspecified atom stereocenters. The predicted molar refractivity (Wildman–Crippen MR) is 71.0 cm³/mol. The van der Waals surface area contributed by atoms with Gasteiger partial charge in [0.1, 0.15) is 11.4 Å². The minimum atomic E-state index is 0.564. The number of hydrogen-bond donors (Lipinski definition) is 0. The molecular formula is C13H11Cl2NO. The van der Waals surface area contributed by atoms with Crippen LogP contribution in [0.25, 0.3) is 11.3 Å². The molecule has 2 aromatic rings. The highest BCUT2D eigenvalue weighted by Gasteiger charge is 2.12. The van der Waals surface area contributed by atoms with Crippen molar-refractivity contribution in [3.8, 4) is 17.0 Å². The number of nitrogens with zero attached hydrogens (tertiary/aromatic N) is 1. The molecule has 2 nitrogen and oxygen atoms in total. The number of aryl methyl sites for hydroxylation is 1. The minimum absolute atomic E-state index is 0.564. The molecule has 0 saturated carbocycles. The van der Waals surface area contributed by atoms with Gasteiger partial charge in [-0.25, -0.2) is 0 Å². The summed E-state index contributed by atoms with van der Waals surface area (Å²) in [6.45, 7) is 1.97. The van der Waals surface area contributed by atoms with E-state index in [4.69, 9.17) is 27.9 Å². The van der Waals surface area contributed by atoms with E-state index in [1.807, 2.05) is 19.1 Å². The Balaban J connectivity index is 2.64. The second kappa shape index (κ2) is 4.94. The summed E-state index contributed by atoms with van der Waals surface area (Å²) in [7, 11) is 1.62. The molecule has 0 aliphatic rings. The van der Waals surface area contributed by atoms with E-state index in [0.717, 1.165) is 22.6 Å². The SMILES string of the molecule is COc1c(C)ccnc1-c1ccc(Cl)cc1Cl. The normalized spacial score (nSPS) is 10.4. The van der Waals surface area contributed by atoms with E-state index in [-0.39, 0.29) is 0 Å². The van der Waals surface area contributed by atoms with Crippen molar-refractivity contribution in [1.82, 2.24) is 4.98 Å². The highest BCUT2D eigenvalue weighted by atomic mass is 35.5. The van der Waals surface area contributed by atoms with Crippen LogP contribution in [0.5, 0.6) is 5.75 Å². The second-order valence-electron chi connectivity index (χ2n) is 3.63. The van der Waals surface area contributed by atoms with Crippen LogP contribution >= 0.6 is 23.2 Å².